The minimum absolute atomic E-state index is 0.828. The second-order valence-corrected chi connectivity index (χ2v) is 15.1. The topological polar surface area (TPSA) is 33.3 Å². The molecule has 2 aromatic heterocycles. The van der Waals surface area contributed by atoms with Gasteiger partial charge in [0.1, 0.15) is 5.58 Å². The average molecular weight is 828 g/mol. The molecule has 0 bridgehead atoms. The van der Waals surface area contributed by atoms with Gasteiger partial charge in [-0.3, -0.25) is 0 Å². The molecule has 4 heteroatoms. The van der Waals surface area contributed by atoms with Crippen molar-refractivity contribution in [2.45, 2.75) is 13.8 Å². The Morgan fingerprint density at radius 3 is 1.92 bits per heavy atom. The molecule has 0 unspecified atom stereocenters. The molecule has 10 aromatic rings. The fourth-order valence-corrected chi connectivity index (χ4v) is 8.34. The molecule has 1 N–H and O–H groups in total. The molecule has 0 aliphatic rings. The third kappa shape index (κ3) is 8.33. The highest BCUT2D eigenvalue weighted by Crippen LogP contribution is 2.38. The lowest BCUT2D eigenvalue weighted by molar-refractivity contribution is 0.665. The van der Waals surface area contributed by atoms with E-state index in [1.807, 2.05) is 44.2 Å². The van der Waals surface area contributed by atoms with Gasteiger partial charge in [0, 0.05) is 50.8 Å². The maximum Gasteiger partial charge on any atom is 0.159 e. The van der Waals surface area contributed by atoms with E-state index in [0.29, 0.717) is 0 Å². The molecular formula is C60H49N3O. The smallest absolute Gasteiger partial charge is 0.159 e. The van der Waals surface area contributed by atoms with E-state index in [2.05, 4.69) is 234 Å². The highest BCUT2D eigenvalue weighted by molar-refractivity contribution is 6.08. The molecule has 0 saturated carbocycles. The lowest BCUT2D eigenvalue weighted by Gasteiger charge is -2.26. The van der Waals surface area contributed by atoms with Crippen molar-refractivity contribution < 1.29 is 4.42 Å². The zero-order chi connectivity index (χ0) is 43.7. The molecule has 4 nitrogen and oxygen atoms in total. The van der Waals surface area contributed by atoms with Crippen LogP contribution in [0.5, 0.6) is 0 Å². The molecule has 310 valence electrons. The predicted molar refractivity (Wildman–Crippen MR) is 273 cm³/mol. The van der Waals surface area contributed by atoms with Gasteiger partial charge in [-0.15, -0.1) is 0 Å². The van der Waals surface area contributed by atoms with E-state index in [1.54, 1.807) is 0 Å². The normalized spacial score (nSPS) is 12.2. The third-order valence-corrected chi connectivity index (χ3v) is 11.3. The van der Waals surface area contributed by atoms with Crippen molar-refractivity contribution in [1.29, 1.82) is 0 Å². The number of rotatable bonds is 11. The number of hydrogen-bond acceptors (Lipinski definition) is 3. The number of nitrogens with zero attached hydrogens (tertiary/aromatic N) is 2. The second-order valence-electron chi connectivity index (χ2n) is 15.1. The average Bonchev–Trinajstić information content (AvgIpc) is 3.90. The van der Waals surface area contributed by atoms with Crippen LogP contribution in [0.4, 0.5) is 17.1 Å². The molecule has 8 aromatic carbocycles. The van der Waals surface area contributed by atoms with Crippen LogP contribution >= 0.6 is 0 Å². The molecule has 0 amide bonds. The minimum atomic E-state index is 0.828. The third-order valence-electron chi connectivity index (χ3n) is 11.3. The lowest BCUT2D eigenvalue weighted by atomic mass is 10.0. The van der Waals surface area contributed by atoms with Crippen molar-refractivity contribution >= 4 is 73.8 Å². The number of fused-ring (bicyclic) bond motifs is 4. The molecule has 10 rings (SSSR count). The standard InChI is InChI=1S/C58H43N3O.C2H6/c1-2-18-54-53(41-59-40-46(44-23-11-5-12-24-44)32-31-42-19-7-3-8-20-42)52-39-49(37-38-55(52)61(54)56-29-17-28-51-50-27-15-16-30-57(50)62-58(51)56)60(47-25-13-6-14-26-47)48-35-33-45(34-36-48)43-21-9-4-10-22-43;1-2/h2-41,59H,1H2;1-2H3/b32-31-,46-40+,53-41-,54-18+;. The Hall–Kier alpha value is -8.34. The largest absolute Gasteiger partial charge is 0.454 e. The summed E-state index contributed by atoms with van der Waals surface area (Å²) in [7, 11) is 0. The number of benzene rings is 8. The minimum Gasteiger partial charge on any atom is -0.454 e. The summed E-state index contributed by atoms with van der Waals surface area (Å²) in [5, 5.41) is 8.85. The molecule has 0 aliphatic heterocycles. The first kappa shape index (κ1) is 41.0. The van der Waals surface area contributed by atoms with Crippen molar-refractivity contribution in [3.63, 3.8) is 0 Å². The van der Waals surface area contributed by atoms with E-state index in [9.17, 15) is 0 Å². The van der Waals surface area contributed by atoms with Crippen molar-refractivity contribution in [3.8, 4) is 16.8 Å². The van der Waals surface area contributed by atoms with Gasteiger partial charge in [-0.25, -0.2) is 0 Å². The van der Waals surface area contributed by atoms with Crippen molar-refractivity contribution in [2.24, 2.45) is 0 Å². The fourth-order valence-electron chi connectivity index (χ4n) is 8.34. The Morgan fingerprint density at radius 2 is 1.19 bits per heavy atom. The van der Waals surface area contributed by atoms with E-state index in [-0.39, 0.29) is 0 Å². The van der Waals surface area contributed by atoms with Gasteiger partial charge in [0.2, 0.25) is 0 Å². The molecule has 0 fully saturated rings. The van der Waals surface area contributed by atoms with Gasteiger partial charge in [-0.1, -0.05) is 190 Å². The number of nitrogens with one attached hydrogen (secondary N) is 1. The summed E-state index contributed by atoms with van der Waals surface area (Å²) >= 11 is 0. The van der Waals surface area contributed by atoms with Gasteiger partial charge in [0.25, 0.3) is 0 Å². The van der Waals surface area contributed by atoms with Crippen molar-refractivity contribution in [2.75, 3.05) is 4.90 Å². The van der Waals surface area contributed by atoms with Crippen LogP contribution in [0.1, 0.15) is 25.0 Å². The Bertz CT molecular complexity index is 3360. The zero-order valence-electron chi connectivity index (χ0n) is 36.1. The van der Waals surface area contributed by atoms with Crippen LogP contribution in [0.15, 0.2) is 236 Å². The predicted octanol–water partition coefficient (Wildman–Crippen LogP) is 14.7. The molecule has 64 heavy (non-hydrogen) atoms. The van der Waals surface area contributed by atoms with E-state index in [1.165, 1.54) is 11.1 Å². The summed E-state index contributed by atoms with van der Waals surface area (Å²) in [4.78, 5) is 2.32. The first-order chi connectivity index (χ1) is 31.7. The Balaban J connectivity index is 0.00000256. The summed E-state index contributed by atoms with van der Waals surface area (Å²) < 4.78 is 8.96. The van der Waals surface area contributed by atoms with E-state index < -0.39 is 0 Å². The van der Waals surface area contributed by atoms with E-state index >= 15 is 0 Å². The summed E-state index contributed by atoms with van der Waals surface area (Å²) in [6.07, 6.45) is 12.4. The quantitative estimate of drug-likeness (QED) is 0.132. The molecule has 0 radical (unpaired) electrons. The molecule has 0 atom stereocenters. The SMILES string of the molecule is C=C/C=c1\c(=C/N/C=C(\C=C/c2ccccc2)c2ccccc2)c2cc(N(c3ccccc3)c3ccc(-c4ccccc4)cc3)ccc2n1-c1cccc2c1oc1ccccc12.CC. The highest BCUT2D eigenvalue weighted by atomic mass is 16.3. The Kier molecular flexibility index (Phi) is 12.3. The monoisotopic (exact) mass is 827 g/mol. The molecule has 0 spiro atoms. The van der Waals surface area contributed by atoms with E-state index in [0.717, 1.165) is 82.9 Å². The number of allylic oxidation sites excluding steroid dienone is 3. The number of hydrogen-bond donors (Lipinski definition) is 1. The molecule has 0 aliphatic carbocycles. The molecule has 2 heterocycles. The number of anilines is 3. The highest BCUT2D eigenvalue weighted by Gasteiger charge is 2.19. The van der Waals surface area contributed by atoms with Crippen molar-refractivity contribution in [3.05, 3.63) is 253 Å². The van der Waals surface area contributed by atoms with Crippen LogP contribution in [-0.2, 0) is 0 Å². The Morgan fingerprint density at radius 1 is 0.578 bits per heavy atom. The van der Waals surface area contributed by atoms with Gasteiger partial charge in [-0.05, 0) is 88.5 Å². The van der Waals surface area contributed by atoms with Gasteiger partial charge >= 0.3 is 0 Å². The van der Waals surface area contributed by atoms with Crippen molar-refractivity contribution in [1.82, 2.24) is 9.88 Å². The van der Waals surface area contributed by atoms with E-state index in [4.69, 9.17) is 4.42 Å². The van der Waals surface area contributed by atoms with Crippen LogP contribution in [0.3, 0.4) is 0 Å². The zero-order valence-corrected chi connectivity index (χ0v) is 36.1. The van der Waals surface area contributed by atoms with Crippen LogP contribution < -0.4 is 20.8 Å². The van der Waals surface area contributed by atoms with Gasteiger partial charge in [0.05, 0.1) is 16.6 Å². The van der Waals surface area contributed by atoms with Crippen LogP contribution in [0.2, 0.25) is 0 Å². The second kappa shape index (κ2) is 19.1. The summed E-state index contributed by atoms with van der Waals surface area (Å²) in [5.41, 5.74) is 12.5. The number of furan rings is 1. The van der Waals surface area contributed by atoms with Crippen LogP contribution in [0.25, 0.3) is 73.6 Å². The Labute approximate surface area is 375 Å². The molecular weight excluding hydrogens is 779 g/mol. The summed E-state index contributed by atoms with van der Waals surface area (Å²) in [6, 6.07) is 72.1. The van der Waals surface area contributed by atoms with Crippen LogP contribution in [-0.4, -0.2) is 4.57 Å². The van der Waals surface area contributed by atoms with Gasteiger partial charge in [-0.2, -0.15) is 0 Å². The maximum absolute atomic E-state index is 6.66. The van der Waals surface area contributed by atoms with Crippen LogP contribution in [0, 0.1) is 0 Å². The number of aromatic nitrogens is 1. The van der Waals surface area contributed by atoms with Gasteiger partial charge < -0.3 is 19.2 Å². The lowest BCUT2D eigenvalue weighted by Crippen LogP contribution is -2.29. The first-order valence-electron chi connectivity index (χ1n) is 21.9. The number of para-hydroxylation sites is 3. The summed E-state index contributed by atoms with van der Waals surface area (Å²) in [6.45, 7) is 8.20. The fraction of sp³-hybridized carbons (Fsp3) is 0.0333. The summed E-state index contributed by atoms with van der Waals surface area (Å²) in [5.74, 6) is 0. The maximum atomic E-state index is 6.66. The van der Waals surface area contributed by atoms with Gasteiger partial charge in [0.15, 0.2) is 5.58 Å². The first-order valence-corrected chi connectivity index (χ1v) is 21.9. The molecule has 0 saturated heterocycles.